The van der Waals surface area contributed by atoms with Gasteiger partial charge in [0, 0.05) is 28.4 Å². The molecule has 1 amide bonds. The van der Waals surface area contributed by atoms with Crippen molar-refractivity contribution >= 4 is 23.4 Å². The van der Waals surface area contributed by atoms with Crippen LogP contribution in [0.15, 0.2) is 70.6 Å². The Morgan fingerprint density at radius 2 is 1.77 bits per heavy atom. The first-order valence-corrected chi connectivity index (χ1v) is 11.4. The van der Waals surface area contributed by atoms with Crippen molar-refractivity contribution in [1.82, 2.24) is 9.97 Å². The van der Waals surface area contributed by atoms with Crippen molar-refractivity contribution in [3.63, 3.8) is 0 Å². The maximum atomic E-state index is 13.5. The lowest BCUT2D eigenvalue weighted by Gasteiger charge is -2.51. The first-order chi connectivity index (χ1) is 14.7. The number of aryl methyl sites for hydroxylation is 1. The second-order valence-electron chi connectivity index (χ2n) is 8.91. The third-order valence-corrected chi connectivity index (χ3v) is 6.83. The number of carbonyl (C=O) groups excluding carboxylic acids is 1. The number of thioether (sulfide) groups is 1. The zero-order chi connectivity index (χ0) is 22.2. The Morgan fingerprint density at radius 1 is 1.10 bits per heavy atom. The fraction of sp³-hybridized carbons (Fsp3) is 0.320. The van der Waals surface area contributed by atoms with Crippen molar-refractivity contribution in [2.24, 2.45) is 0 Å². The topological polar surface area (TPSA) is 66.1 Å². The minimum atomic E-state index is -0.385. The number of hydrogen-bond acceptors (Lipinski definition) is 4. The van der Waals surface area contributed by atoms with Gasteiger partial charge in [0.1, 0.15) is 0 Å². The molecule has 0 bridgehead atoms. The number of nitrogens with one attached hydrogen (secondary N) is 1. The molecule has 0 fully saturated rings. The number of nitrogens with zero attached hydrogens (tertiary/aromatic N) is 2. The second-order valence-corrected chi connectivity index (χ2v) is 9.88. The maximum Gasteiger partial charge on any atom is 0.251 e. The van der Waals surface area contributed by atoms with E-state index in [2.05, 4.69) is 61.1 Å². The van der Waals surface area contributed by atoms with E-state index in [1.165, 1.54) is 23.4 Å². The van der Waals surface area contributed by atoms with Crippen LogP contribution < -0.4 is 10.5 Å². The minimum absolute atomic E-state index is 0.00159. The number of aromatic amines is 1. The lowest BCUT2D eigenvalue weighted by atomic mass is 9.65. The van der Waals surface area contributed by atoms with Crippen LogP contribution in [0, 0.1) is 6.92 Å². The van der Waals surface area contributed by atoms with Crippen LogP contribution in [0.2, 0.25) is 0 Å². The van der Waals surface area contributed by atoms with Crippen LogP contribution in [0.25, 0.3) is 0 Å². The molecular formula is C25H27N3O2S. The summed E-state index contributed by atoms with van der Waals surface area (Å²) in [6.07, 6.45) is 0.803. The molecule has 0 radical (unpaired) electrons. The Bertz CT molecular complexity index is 1170. The zero-order valence-corrected chi connectivity index (χ0v) is 19.1. The summed E-state index contributed by atoms with van der Waals surface area (Å²) in [6.45, 7) is 8.29. The quantitative estimate of drug-likeness (QED) is 0.479. The number of benzene rings is 2. The van der Waals surface area contributed by atoms with E-state index in [4.69, 9.17) is 0 Å². The number of rotatable bonds is 4. The molecule has 2 aromatic carbocycles. The minimum Gasteiger partial charge on any atom is -0.306 e. The Hall–Kier alpha value is -2.86. The van der Waals surface area contributed by atoms with Gasteiger partial charge in [0.15, 0.2) is 5.16 Å². The highest BCUT2D eigenvalue weighted by Crippen LogP contribution is 2.50. The van der Waals surface area contributed by atoms with E-state index in [9.17, 15) is 9.59 Å². The van der Waals surface area contributed by atoms with E-state index < -0.39 is 0 Å². The molecule has 1 aliphatic heterocycles. The molecule has 1 N–H and O–H groups in total. The van der Waals surface area contributed by atoms with Crippen LogP contribution in [-0.4, -0.2) is 27.2 Å². The highest BCUT2D eigenvalue weighted by atomic mass is 32.2. The molecule has 0 saturated heterocycles. The van der Waals surface area contributed by atoms with Gasteiger partial charge in [-0.2, -0.15) is 0 Å². The lowest BCUT2D eigenvalue weighted by Crippen LogP contribution is -2.56. The molecule has 0 aliphatic carbocycles. The molecule has 0 spiro atoms. The molecule has 3 aromatic rings. The van der Waals surface area contributed by atoms with Gasteiger partial charge in [0.05, 0.1) is 5.75 Å². The van der Waals surface area contributed by atoms with Gasteiger partial charge in [0.2, 0.25) is 5.91 Å². The number of carbonyl (C=O) groups is 1. The molecule has 1 aliphatic rings. The Morgan fingerprint density at radius 3 is 2.48 bits per heavy atom. The summed E-state index contributed by atoms with van der Waals surface area (Å²) in [5.41, 5.74) is 3.20. The van der Waals surface area contributed by atoms with Crippen molar-refractivity contribution in [2.45, 2.75) is 50.2 Å². The largest absolute Gasteiger partial charge is 0.306 e. The van der Waals surface area contributed by atoms with Crippen LogP contribution in [0.4, 0.5) is 5.69 Å². The summed E-state index contributed by atoms with van der Waals surface area (Å²) in [5, 5.41) is 0.468. The van der Waals surface area contributed by atoms with E-state index in [-0.39, 0.29) is 28.2 Å². The number of amides is 1. The molecule has 160 valence electrons. The van der Waals surface area contributed by atoms with Crippen LogP contribution in [-0.2, 0) is 10.2 Å². The summed E-state index contributed by atoms with van der Waals surface area (Å²) in [7, 11) is 0. The van der Waals surface area contributed by atoms with E-state index in [0.29, 0.717) is 10.9 Å². The van der Waals surface area contributed by atoms with E-state index in [1.54, 1.807) is 6.92 Å². The summed E-state index contributed by atoms with van der Waals surface area (Å²) < 4.78 is 0. The van der Waals surface area contributed by atoms with E-state index in [0.717, 1.165) is 17.7 Å². The molecule has 31 heavy (non-hydrogen) atoms. The number of hydrogen-bond donors (Lipinski definition) is 1. The van der Waals surface area contributed by atoms with Crippen molar-refractivity contribution < 1.29 is 4.79 Å². The van der Waals surface area contributed by atoms with Crippen LogP contribution in [0.3, 0.4) is 0 Å². The van der Waals surface area contributed by atoms with Crippen LogP contribution >= 0.6 is 11.8 Å². The zero-order valence-electron chi connectivity index (χ0n) is 18.3. The van der Waals surface area contributed by atoms with Gasteiger partial charge in [0.25, 0.3) is 5.56 Å². The number of fused-ring (bicyclic) bond motifs is 1. The van der Waals surface area contributed by atoms with Crippen LogP contribution in [0.5, 0.6) is 0 Å². The van der Waals surface area contributed by atoms with Gasteiger partial charge < -0.3 is 9.88 Å². The molecule has 0 unspecified atom stereocenters. The van der Waals surface area contributed by atoms with Crippen molar-refractivity contribution in [3.8, 4) is 0 Å². The molecule has 4 rings (SSSR count). The molecule has 1 atom stereocenters. The first-order valence-electron chi connectivity index (χ1n) is 10.4. The molecule has 2 heterocycles. The van der Waals surface area contributed by atoms with Crippen molar-refractivity contribution in [3.05, 3.63) is 87.8 Å². The van der Waals surface area contributed by atoms with Gasteiger partial charge in [-0.25, -0.2) is 4.98 Å². The molecular weight excluding hydrogens is 406 g/mol. The normalized spacial score (nSPS) is 19.7. The van der Waals surface area contributed by atoms with Crippen LogP contribution in [0.1, 0.15) is 44.0 Å². The Balaban J connectivity index is 1.69. The fourth-order valence-electron chi connectivity index (χ4n) is 4.85. The SMILES string of the molecule is Cc1cc(=O)[nH]c(SCC(=O)N2c3ccccc3[C@@](C)(c3ccccc3)CC2(C)C)n1. The molecule has 1 aromatic heterocycles. The number of H-pyrrole nitrogens is 1. The highest BCUT2D eigenvalue weighted by molar-refractivity contribution is 7.99. The third-order valence-electron chi connectivity index (χ3n) is 5.97. The lowest BCUT2D eigenvalue weighted by molar-refractivity contribution is -0.117. The van der Waals surface area contributed by atoms with Gasteiger partial charge in [-0.1, -0.05) is 67.2 Å². The van der Waals surface area contributed by atoms with Gasteiger partial charge in [-0.15, -0.1) is 0 Å². The van der Waals surface area contributed by atoms with Crippen molar-refractivity contribution in [2.75, 3.05) is 10.7 Å². The Kier molecular flexibility index (Phi) is 5.52. The van der Waals surface area contributed by atoms with E-state index in [1.807, 2.05) is 29.2 Å². The van der Waals surface area contributed by atoms with Gasteiger partial charge in [-0.05, 0) is 44.4 Å². The van der Waals surface area contributed by atoms with Gasteiger partial charge in [-0.3, -0.25) is 9.59 Å². The predicted molar refractivity (Wildman–Crippen MR) is 126 cm³/mol. The highest BCUT2D eigenvalue weighted by Gasteiger charge is 2.47. The summed E-state index contributed by atoms with van der Waals surface area (Å²) in [5.74, 6) is 0.202. The summed E-state index contributed by atoms with van der Waals surface area (Å²) >= 11 is 1.26. The van der Waals surface area contributed by atoms with Crippen molar-refractivity contribution in [1.29, 1.82) is 0 Å². The maximum absolute atomic E-state index is 13.5. The number of aromatic nitrogens is 2. The number of para-hydroxylation sites is 1. The summed E-state index contributed by atoms with van der Waals surface area (Å²) in [4.78, 5) is 34.1. The molecule has 5 nitrogen and oxygen atoms in total. The summed E-state index contributed by atoms with van der Waals surface area (Å²) in [6, 6.07) is 20.1. The smallest absolute Gasteiger partial charge is 0.251 e. The number of anilines is 1. The predicted octanol–water partition coefficient (Wildman–Crippen LogP) is 4.69. The average Bonchev–Trinajstić information content (AvgIpc) is 2.71. The fourth-order valence-corrected chi connectivity index (χ4v) is 5.62. The molecule has 6 heteroatoms. The standard InChI is InChI=1S/C25H27N3O2S/c1-17-14-21(29)27-23(26-17)31-15-22(30)28-20-13-9-8-12-19(20)25(4,16-24(28,2)3)18-10-6-5-7-11-18/h5-14H,15-16H2,1-4H3,(H,26,27,29)/t25-/m1/s1. The monoisotopic (exact) mass is 433 g/mol. The van der Waals surface area contributed by atoms with Gasteiger partial charge >= 0.3 is 0 Å². The molecule has 0 saturated carbocycles. The third kappa shape index (κ3) is 4.04. The van der Waals surface area contributed by atoms with E-state index >= 15 is 0 Å². The Labute approximate surface area is 186 Å². The average molecular weight is 434 g/mol. The second kappa shape index (κ2) is 8.00. The first kappa shape index (κ1) is 21.4.